The van der Waals surface area contributed by atoms with E-state index in [1.54, 1.807) is 19.9 Å². The fraction of sp³-hybridized carbons (Fsp3) is 0.619. The summed E-state index contributed by atoms with van der Waals surface area (Å²) in [5.41, 5.74) is 6.45. The van der Waals surface area contributed by atoms with Crippen LogP contribution in [0.4, 0.5) is 4.79 Å². The van der Waals surface area contributed by atoms with Gasteiger partial charge < -0.3 is 30.2 Å². The molecule has 1 aliphatic rings. The Kier molecular flexibility index (Phi) is 8.57. The summed E-state index contributed by atoms with van der Waals surface area (Å²) in [6, 6.07) is 3.25. The summed E-state index contributed by atoms with van der Waals surface area (Å²) < 4.78 is 15.9. The Hall–Kier alpha value is -2.48. The van der Waals surface area contributed by atoms with E-state index in [4.69, 9.17) is 19.9 Å². The van der Waals surface area contributed by atoms with Crippen molar-refractivity contribution in [2.75, 3.05) is 0 Å². The van der Waals surface area contributed by atoms with Gasteiger partial charge in [0, 0.05) is 0 Å². The zero-order valence-electron chi connectivity index (χ0n) is 17.0. The van der Waals surface area contributed by atoms with Crippen molar-refractivity contribution < 1.29 is 34.0 Å². The Labute approximate surface area is 170 Å². The number of benzene rings is 1. The highest BCUT2D eigenvalue weighted by atomic mass is 16.7. The summed E-state index contributed by atoms with van der Waals surface area (Å²) in [5.74, 6) is -1.19. The van der Waals surface area contributed by atoms with Gasteiger partial charge in [-0.1, -0.05) is 18.9 Å². The van der Waals surface area contributed by atoms with Crippen molar-refractivity contribution in [1.82, 2.24) is 0 Å². The van der Waals surface area contributed by atoms with Crippen LogP contribution in [0.1, 0.15) is 57.9 Å². The first-order chi connectivity index (χ1) is 13.8. The molecule has 3 atom stereocenters. The second-order valence-electron chi connectivity index (χ2n) is 7.58. The lowest BCUT2D eigenvalue weighted by atomic mass is 10.1. The molecule has 0 spiro atoms. The SMILES string of the molecule is CC(OC(=O)OC1CCCCCC1)[C@H](C)OC(=O)[C@@H](N)Cc1ccc(O)c(O)c1. The van der Waals surface area contributed by atoms with E-state index in [1.165, 1.54) is 12.1 Å². The number of carbonyl (C=O) groups is 2. The average Bonchev–Trinajstić information content (AvgIpc) is 2.93. The largest absolute Gasteiger partial charge is 0.508 e. The number of phenolic OH excluding ortho intramolecular Hbond substituents is 2. The highest BCUT2D eigenvalue weighted by Crippen LogP contribution is 2.25. The van der Waals surface area contributed by atoms with Gasteiger partial charge in [-0.25, -0.2) is 4.79 Å². The lowest BCUT2D eigenvalue weighted by molar-refractivity contribution is -0.155. The van der Waals surface area contributed by atoms with E-state index >= 15 is 0 Å². The molecule has 4 N–H and O–H groups in total. The Morgan fingerprint density at radius 3 is 2.28 bits per heavy atom. The number of carbonyl (C=O) groups excluding carboxylic acids is 2. The van der Waals surface area contributed by atoms with Gasteiger partial charge in [-0.15, -0.1) is 0 Å². The molecule has 0 amide bonds. The summed E-state index contributed by atoms with van der Waals surface area (Å²) in [4.78, 5) is 24.2. The zero-order valence-corrected chi connectivity index (χ0v) is 17.0. The van der Waals surface area contributed by atoms with Crippen LogP contribution in [0, 0.1) is 0 Å². The van der Waals surface area contributed by atoms with Gasteiger partial charge in [0.15, 0.2) is 11.5 Å². The average molecular weight is 409 g/mol. The van der Waals surface area contributed by atoms with Crippen LogP contribution in [-0.4, -0.2) is 46.7 Å². The van der Waals surface area contributed by atoms with E-state index < -0.39 is 30.4 Å². The number of aromatic hydroxyl groups is 2. The molecule has 1 aliphatic carbocycles. The topological polar surface area (TPSA) is 128 Å². The highest BCUT2D eigenvalue weighted by molar-refractivity contribution is 5.76. The summed E-state index contributed by atoms with van der Waals surface area (Å²) in [5, 5.41) is 18.9. The quantitative estimate of drug-likeness (QED) is 0.356. The second-order valence-corrected chi connectivity index (χ2v) is 7.58. The van der Waals surface area contributed by atoms with Crippen LogP contribution in [-0.2, 0) is 25.4 Å². The van der Waals surface area contributed by atoms with Crippen molar-refractivity contribution in [2.24, 2.45) is 5.73 Å². The van der Waals surface area contributed by atoms with Crippen molar-refractivity contribution in [3.63, 3.8) is 0 Å². The molecule has 162 valence electrons. The Bertz CT molecular complexity index is 686. The standard InChI is InChI=1S/C21H31NO7/c1-13(14(2)28-21(26)29-16-7-5-3-4-6-8-16)27-20(25)17(22)11-15-9-10-18(23)19(24)12-15/h9-10,12-14,16-17,23-24H,3-8,11,22H2,1-2H3/t13-,14?,17-/m0/s1. The van der Waals surface area contributed by atoms with Gasteiger partial charge in [-0.2, -0.15) is 0 Å². The normalized spacial score (nSPS) is 18.2. The first-order valence-corrected chi connectivity index (χ1v) is 10.1. The summed E-state index contributed by atoms with van der Waals surface area (Å²) >= 11 is 0. The summed E-state index contributed by atoms with van der Waals surface area (Å²) in [6.45, 7) is 3.23. The third-order valence-electron chi connectivity index (χ3n) is 5.11. The van der Waals surface area contributed by atoms with Crippen LogP contribution < -0.4 is 5.73 Å². The van der Waals surface area contributed by atoms with Crippen LogP contribution in [0.15, 0.2) is 18.2 Å². The predicted molar refractivity (Wildman–Crippen MR) is 106 cm³/mol. The van der Waals surface area contributed by atoms with Crippen molar-refractivity contribution in [2.45, 2.75) is 83.1 Å². The molecule has 0 saturated heterocycles. The number of rotatable bonds is 7. The molecular formula is C21H31NO7. The minimum absolute atomic E-state index is 0.120. The molecule has 0 aromatic heterocycles. The number of ether oxygens (including phenoxy) is 3. The lowest BCUT2D eigenvalue weighted by Gasteiger charge is -2.23. The number of nitrogens with two attached hydrogens (primary N) is 1. The first-order valence-electron chi connectivity index (χ1n) is 10.1. The van der Waals surface area contributed by atoms with Gasteiger partial charge in [0.25, 0.3) is 0 Å². The molecule has 1 aromatic rings. The molecule has 0 heterocycles. The molecule has 2 rings (SSSR count). The molecule has 8 heteroatoms. The minimum atomic E-state index is -0.966. The van der Waals surface area contributed by atoms with Gasteiger partial charge >= 0.3 is 12.1 Å². The number of phenols is 2. The van der Waals surface area contributed by atoms with Gasteiger partial charge in [0.2, 0.25) is 0 Å². The Balaban J connectivity index is 1.77. The molecular weight excluding hydrogens is 378 g/mol. The van der Waals surface area contributed by atoms with Crippen LogP contribution in [0.25, 0.3) is 0 Å². The minimum Gasteiger partial charge on any atom is -0.504 e. The zero-order chi connectivity index (χ0) is 21.4. The maximum absolute atomic E-state index is 12.2. The first kappa shape index (κ1) is 22.8. The number of esters is 1. The van der Waals surface area contributed by atoms with Gasteiger partial charge in [-0.3, -0.25) is 4.79 Å². The van der Waals surface area contributed by atoms with E-state index in [1.807, 2.05) is 0 Å². The third-order valence-corrected chi connectivity index (χ3v) is 5.11. The smallest absolute Gasteiger partial charge is 0.504 e. The van der Waals surface area contributed by atoms with Crippen LogP contribution in [0.2, 0.25) is 0 Å². The Morgan fingerprint density at radius 1 is 1.03 bits per heavy atom. The maximum Gasteiger partial charge on any atom is 0.508 e. The molecule has 0 bridgehead atoms. The highest BCUT2D eigenvalue weighted by Gasteiger charge is 2.26. The molecule has 1 aromatic carbocycles. The van der Waals surface area contributed by atoms with Crippen molar-refractivity contribution >= 4 is 12.1 Å². The maximum atomic E-state index is 12.2. The Morgan fingerprint density at radius 2 is 1.66 bits per heavy atom. The molecule has 29 heavy (non-hydrogen) atoms. The fourth-order valence-corrected chi connectivity index (χ4v) is 3.17. The summed E-state index contributed by atoms with van der Waals surface area (Å²) in [7, 11) is 0. The van der Waals surface area contributed by atoms with Gasteiger partial charge in [0.1, 0.15) is 24.4 Å². The van der Waals surface area contributed by atoms with Crippen LogP contribution in [0.5, 0.6) is 11.5 Å². The van der Waals surface area contributed by atoms with E-state index in [-0.39, 0.29) is 24.0 Å². The molecule has 1 fully saturated rings. The van der Waals surface area contributed by atoms with Crippen LogP contribution in [0.3, 0.4) is 0 Å². The molecule has 1 unspecified atom stereocenters. The van der Waals surface area contributed by atoms with Gasteiger partial charge in [-0.05, 0) is 63.6 Å². The molecule has 1 saturated carbocycles. The van der Waals surface area contributed by atoms with Crippen molar-refractivity contribution in [3.8, 4) is 11.5 Å². The predicted octanol–water partition coefficient (Wildman–Crippen LogP) is 3.16. The van der Waals surface area contributed by atoms with Crippen molar-refractivity contribution in [3.05, 3.63) is 23.8 Å². The van der Waals surface area contributed by atoms with Crippen LogP contribution >= 0.6 is 0 Å². The third kappa shape index (κ3) is 7.45. The van der Waals surface area contributed by atoms with Crippen molar-refractivity contribution in [1.29, 1.82) is 0 Å². The number of hydrogen-bond donors (Lipinski definition) is 3. The fourth-order valence-electron chi connectivity index (χ4n) is 3.17. The van der Waals surface area contributed by atoms with E-state index in [9.17, 15) is 19.8 Å². The van der Waals surface area contributed by atoms with Gasteiger partial charge in [0.05, 0.1) is 0 Å². The molecule has 8 nitrogen and oxygen atoms in total. The summed E-state index contributed by atoms with van der Waals surface area (Å²) in [6.07, 6.45) is 3.93. The van der Waals surface area contributed by atoms with E-state index in [0.29, 0.717) is 5.56 Å². The van der Waals surface area contributed by atoms with E-state index in [0.717, 1.165) is 38.5 Å². The molecule has 0 radical (unpaired) electrons. The lowest BCUT2D eigenvalue weighted by Crippen LogP contribution is -2.39. The molecule has 0 aliphatic heterocycles. The van der Waals surface area contributed by atoms with E-state index in [2.05, 4.69) is 0 Å². The second kappa shape index (κ2) is 10.9. The number of hydrogen-bond acceptors (Lipinski definition) is 8. The monoisotopic (exact) mass is 409 g/mol.